The number of likely N-dealkylation sites (N-methyl/N-ethyl adjacent to an activating group) is 1. The zero-order chi connectivity index (χ0) is 13.0. The lowest BCUT2D eigenvalue weighted by Crippen LogP contribution is -2.48. The monoisotopic (exact) mass is 253 g/mol. The first-order valence-electron chi connectivity index (χ1n) is 7.98. The molecule has 0 radical (unpaired) electrons. The summed E-state index contributed by atoms with van der Waals surface area (Å²) in [5, 5.41) is 3.37. The van der Waals surface area contributed by atoms with Gasteiger partial charge in [0.25, 0.3) is 0 Å². The fraction of sp³-hybridized carbons (Fsp3) is 1.00. The molecule has 18 heavy (non-hydrogen) atoms. The first-order valence-corrected chi connectivity index (χ1v) is 7.98. The van der Waals surface area contributed by atoms with Gasteiger partial charge in [-0.2, -0.15) is 0 Å². The van der Waals surface area contributed by atoms with Gasteiger partial charge in [0.05, 0.1) is 11.7 Å². The normalized spacial score (nSPS) is 41.8. The maximum atomic E-state index is 6.66. The van der Waals surface area contributed by atoms with Crippen molar-refractivity contribution < 1.29 is 4.74 Å². The number of hydrogen-bond donors (Lipinski definition) is 1. The highest BCUT2D eigenvalue weighted by Gasteiger charge is 2.38. The molecule has 0 aromatic carbocycles. The van der Waals surface area contributed by atoms with Gasteiger partial charge in [0.1, 0.15) is 0 Å². The van der Waals surface area contributed by atoms with Crippen LogP contribution < -0.4 is 5.32 Å². The van der Waals surface area contributed by atoms with Crippen LogP contribution in [0.4, 0.5) is 0 Å². The lowest BCUT2D eigenvalue weighted by atomic mass is 9.78. The van der Waals surface area contributed by atoms with Gasteiger partial charge in [0, 0.05) is 6.54 Å². The molecule has 2 aliphatic carbocycles. The first kappa shape index (κ1) is 14.3. The quantitative estimate of drug-likeness (QED) is 0.824. The predicted octanol–water partition coefficient (Wildman–Crippen LogP) is 3.75. The van der Waals surface area contributed by atoms with E-state index in [1.807, 2.05) is 0 Å². The second-order valence-corrected chi connectivity index (χ2v) is 6.81. The van der Waals surface area contributed by atoms with Crippen LogP contribution in [-0.2, 0) is 4.74 Å². The Kier molecular flexibility index (Phi) is 5.08. The van der Waals surface area contributed by atoms with Gasteiger partial charge in [0.2, 0.25) is 0 Å². The Bertz CT molecular complexity index is 245. The fourth-order valence-electron chi connectivity index (χ4n) is 3.73. The van der Waals surface area contributed by atoms with Gasteiger partial charge < -0.3 is 10.1 Å². The molecule has 2 atom stereocenters. The third-order valence-electron chi connectivity index (χ3n) is 5.12. The van der Waals surface area contributed by atoms with E-state index in [1.54, 1.807) is 0 Å². The molecule has 2 aliphatic rings. The maximum Gasteiger partial charge on any atom is 0.0810 e. The molecular weight excluding hydrogens is 222 g/mol. The van der Waals surface area contributed by atoms with E-state index in [1.165, 1.54) is 51.4 Å². The Balaban J connectivity index is 1.96. The average Bonchev–Trinajstić information content (AvgIpc) is 2.36. The molecule has 2 rings (SSSR count). The summed E-state index contributed by atoms with van der Waals surface area (Å²) in [6.07, 6.45) is 11.1. The molecule has 2 heteroatoms. The summed E-state index contributed by atoms with van der Waals surface area (Å²) in [7, 11) is 2.06. The molecule has 2 unspecified atom stereocenters. The Labute approximate surface area is 113 Å². The molecule has 2 fully saturated rings. The molecule has 0 aromatic heterocycles. The summed E-state index contributed by atoms with van der Waals surface area (Å²) in [5.41, 5.74) is 0.136. The van der Waals surface area contributed by atoms with Crippen molar-refractivity contribution in [3.05, 3.63) is 0 Å². The van der Waals surface area contributed by atoms with E-state index in [-0.39, 0.29) is 5.60 Å². The van der Waals surface area contributed by atoms with Gasteiger partial charge in [0.15, 0.2) is 0 Å². The van der Waals surface area contributed by atoms with Crippen LogP contribution in [-0.4, -0.2) is 25.3 Å². The lowest BCUT2D eigenvalue weighted by Gasteiger charge is -2.44. The minimum atomic E-state index is 0.136. The molecule has 0 spiro atoms. The minimum absolute atomic E-state index is 0.136. The molecule has 0 aromatic rings. The minimum Gasteiger partial charge on any atom is -0.370 e. The SMILES string of the molecule is CNCC1(OC2CCCCC2C)CCC(C)CC1. The number of hydrogen-bond acceptors (Lipinski definition) is 2. The summed E-state index contributed by atoms with van der Waals surface area (Å²) in [5.74, 6) is 1.65. The Hall–Kier alpha value is -0.0800. The lowest BCUT2D eigenvalue weighted by molar-refractivity contribution is -0.141. The van der Waals surface area contributed by atoms with Crippen LogP contribution in [0.3, 0.4) is 0 Å². The molecule has 2 saturated carbocycles. The Morgan fingerprint density at radius 2 is 1.72 bits per heavy atom. The molecule has 0 bridgehead atoms. The second-order valence-electron chi connectivity index (χ2n) is 6.81. The molecular formula is C16H31NO. The van der Waals surface area contributed by atoms with Crippen molar-refractivity contribution in [2.24, 2.45) is 11.8 Å². The fourth-order valence-corrected chi connectivity index (χ4v) is 3.73. The molecule has 1 N–H and O–H groups in total. The smallest absolute Gasteiger partial charge is 0.0810 e. The standard InChI is InChI=1S/C16H31NO/c1-13-8-10-16(11-9-13,12-17-3)18-15-7-5-4-6-14(15)2/h13-15,17H,4-12H2,1-3H3. The van der Waals surface area contributed by atoms with Crippen LogP contribution in [0.1, 0.15) is 65.2 Å². The number of rotatable bonds is 4. The van der Waals surface area contributed by atoms with Crippen molar-refractivity contribution >= 4 is 0 Å². The van der Waals surface area contributed by atoms with Crippen molar-refractivity contribution in [2.45, 2.75) is 76.9 Å². The topological polar surface area (TPSA) is 21.3 Å². The van der Waals surface area contributed by atoms with Crippen LogP contribution in [0.2, 0.25) is 0 Å². The zero-order valence-corrected chi connectivity index (χ0v) is 12.5. The van der Waals surface area contributed by atoms with Gasteiger partial charge >= 0.3 is 0 Å². The highest BCUT2D eigenvalue weighted by Crippen LogP contribution is 2.38. The van der Waals surface area contributed by atoms with Gasteiger partial charge in [-0.3, -0.25) is 0 Å². The Morgan fingerprint density at radius 3 is 2.33 bits per heavy atom. The average molecular weight is 253 g/mol. The summed E-state index contributed by atoms with van der Waals surface area (Å²) in [4.78, 5) is 0. The molecule has 106 valence electrons. The molecule has 0 amide bonds. The number of ether oxygens (including phenoxy) is 1. The highest BCUT2D eigenvalue weighted by atomic mass is 16.5. The Morgan fingerprint density at radius 1 is 1.06 bits per heavy atom. The van der Waals surface area contributed by atoms with Crippen LogP contribution in [0.25, 0.3) is 0 Å². The van der Waals surface area contributed by atoms with Crippen molar-refractivity contribution in [3.63, 3.8) is 0 Å². The largest absolute Gasteiger partial charge is 0.370 e. The zero-order valence-electron chi connectivity index (χ0n) is 12.5. The third-order valence-corrected chi connectivity index (χ3v) is 5.12. The van der Waals surface area contributed by atoms with Crippen LogP contribution in [0.15, 0.2) is 0 Å². The van der Waals surface area contributed by atoms with E-state index in [0.717, 1.165) is 18.4 Å². The van der Waals surface area contributed by atoms with Crippen LogP contribution in [0.5, 0.6) is 0 Å². The first-order chi connectivity index (χ1) is 8.65. The summed E-state index contributed by atoms with van der Waals surface area (Å²) in [6, 6.07) is 0. The van der Waals surface area contributed by atoms with Gasteiger partial charge in [-0.25, -0.2) is 0 Å². The summed E-state index contributed by atoms with van der Waals surface area (Å²) in [6.45, 7) is 5.79. The van der Waals surface area contributed by atoms with Crippen molar-refractivity contribution in [3.8, 4) is 0 Å². The van der Waals surface area contributed by atoms with Crippen molar-refractivity contribution in [1.29, 1.82) is 0 Å². The van der Waals surface area contributed by atoms with E-state index in [9.17, 15) is 0 Å². The van der Waals surface area contributed by atoms with E-state index in [0.29, 0.717) is 6.10 Å². The third kappa shape index (κ3) is 3.48. The molecule has 0 saturated heterocycles. The van der Waals surface area contributed by atoms with Crippen molar-refractivity contribution in [1.82, 2.24) is 5.32 Å². The molecule has 2 nitrogen and oxygen atoms in total. The van der Waals surface area contributed by atoms with Crippen molar-refractivity contribution in [2.75, 3.05) is 13.6 Å². The van der Waals surface area contributed by atoms with Gasteiger partial charge in [-0.15, -0.1) is 0 Å². The number of nitrogens with one attached hydrogen (secondary N) is 1. The van der Waals surface area contributed by atoms with Crippen LogP contribution >= 0.6 is 0 Å². The van der Waals surface area contributed by atoms with E-state index in [4.69, 9.17) is 4.74 Å². The second kappa shape index (κ2) is 6.38. The predicted molar refractivity (Wildman–Crippen MR) is 76.8 cm³/mol. The summed E-state index contributed by atoms with van der Waals surface area (Å²) >= 11 is 0. The van der Waals surface area contributed by atoms with Crippen LogP contribution in [0, 0.1) is 11.8 Å². The van der Waals surface area contributed by atoms with E-state index < -0.39 is 0 Å². The highest BCUT2D eigenvalue weighted by molar-refractivity contribution is 4.90. The van der Waals surface area contributed by atoms with E-state index in [2.05, 4.69) is 26.2 Å². The van der Waals surface area contributed by atoms with Gasteiger partial charge in [-0.1, -0.05) is 26.7 Å². The summed E-state index contributed by atoms with van der Waals surface area (Å²) < 4.78 is 6.66. The maximum absolute atomic E-state index is 6.66. The van der Waals surface area contributed by atoms with Gasteiger partial charge in [-0.05, 0) is 57.4 Å². The molecule has 0 heterocycles. The van der Waals surface area contributed by atoms with E-state index >= 15 is 0 Å². The molecule has 0 aliphatic heterocycles.